The van der Waals surface area contributed by atoms with E-state index in [0.29, 0.717) is 24.8 Å². The zero-order valence-electron chi connectivity index (χ0n) is 13.4. The molecule has 1 rings (SSSR count). The highest BCUT2D eigenvalue weighted by Crippen LogP contribution is 2.14. The number of rotatable bonds is 7. The second kappa shape index (κ2) is 8.87. The Labute approximate surface area is 127 Å². The fourth-order valence-corrected chi connectivity index (χ4v) is 2.62. The summed E-state index contributed by atoms with van der Waals surface area (Å²) in [4.78, 5) is 25.1. The van der Waals surface area contributed by atoms with Crippen molar-refractivity contribution in [3.05, 3.63) is 0 Å². The van der Waals surface area contributed by atoms with Crippen molar-refractivity contribution in [2.75, 3.05) is 33.2 Å². The van der Waals surface area contributed by atoms with E-state index in [2.05, 4.69) is 22.6 Å². The van der Waals surface area contributed by atoms with Crippen LogP contribution in [0, 0.1) is 17.8 Å². The Hall–Kier alpha value is -1.30. The van der Waals surface area contributed by atoms with Crippen molar-refractivity contribution in [2.45, 2.75) is 33.1 Å². The van der Waals surface area contributed by atoms with E-state index < -0.39 is 11.9 Å². The van der Waals surface area contributed by atoms with Gasteiger partial charge in [0.1, 0.15) is 0 Å². The van der Waals surface area contributed by atoms with Gasteiger partial charge in [0.15, 0.2) is 0 Å². The second-order valence-corrected chi connectivity index (χ2v) is 6.50. The lowest BCUT2D eigenvalue weighted by Gasteiger charge is -2.29. The Morgan fingerprint density at radius 1 is 1.24 bits per heavy atom. The summed E-state index contributed by atoms with van der Waals surface area (Å²) in [5, 5.41) is 14.6. The predicted octanol–water partition coefficient (Wildman–Crippen LogP) is 1.37. The third-order valence-electron chi connectivity index (χ3n) is 4.00. The highest BCUT2D eigenvalue weighted by Gasteiger charge is 2.20. The first kappa shape index (κ1) is 17.8. The summed E-state index contributed by atoms with van der Waals surface area (Å²) < 4.78 is 0. The lowest BCUT2D eigenvalue weighted by atomic mass is 9.97. The van der Waals surface area contributed by atoms with E-state index in [1.54, 1.807) is 0 Å². The maximum Gasteiger partial charge on any atom is 0.314 e. The Balaban J connectivity index is 2.22. The number of aliphatic carboxylic acids is 1. The van der Waals surface area contributed by atoms with Crippen LogP contribution < -0.4 is 10.6 Å². The number of nitrogens with one attached hydrogen (secondary N) is 2. The number of nitrogens with zero attached hydrogens (tertiary/aromatic N) is 1. The van der Waals surface area contributed by atoms with Gasteiger partial charge in [-0.3, -0.25) is 4.79 Å². The lowest BCUT2D eigenvalue weighted by Crippen LogP contribution is -2.43. The number of carbonyl (C=O) groups excluding carboxylic acids is 1. The van der Waals surface area contributed by atoms with Gasteiger partial charge in [0.2, 0.25) is 0 Å². The van der Waals surface area contributed by atoms with Gasteiger partial charge >= 0.3 is 12.0 Å². The second-order valence-electron chi connectivity index (χ2n) is 6.50. The molecule has 1 fully saturated rings. The molecule has 0 aliphatic carbocycles. The minimum absolute atomic E-state index is 0.187. The molecule has 1 atom stereocenters. The number of carboxylic acids is 1. The summed E-state index contributed by atoms with van der Waals surface area (Å²) in [6, 6.07) is -0.260. The van der Waals surface area contributed by atoms with Gasteiger partial charge in [-0.25, -0.2) is 4.79 Å². The summed E-state index contributed by atoms with van der Waals surface area (Å²) in [6.45, 7) is 6.97. The standard InChI is InChI=1S/C15H29N3O3/c1-11(2)8-13(14(19)20)10-17-15(21)16-9-12-4-6-18(3)7-5-12/h11-13H,4-10H2,1-3H3,(H,19,20)(H2,16,17,21). The van der Waals surface area contributed by atoms with E-state index in [9.17, 15) is 9.59 Å². The van der Waals surface area contributed by atoms with Crippen LogP contribution in [-0.2, 0) is 4.79 Å². The van der Waals surface area contributed by atoms with E-state index in [-0.39, 0.29) is 12.6 Å². The average Bonchev–Trinajstić information content (AvgIpc) is 2.42. The number of hydrogen-bond acceptors (Lipinski definition) is 3. The molecule has 0 aromatic carbocycles. The van der Waals surface area contributed by atoms with Crippen LogP contribution in [0.25, 0.3) is 0 Å². The Bertz CT molecular complexity index is 339. The first-order valence-corrected chi connectivity index (χ1v) is 7.81. The normalized spacial score (nSPS) is 18.5. The van der Waals surface area contributed by atoms with E-state index in [1.165, 1.54) is 0 Å². The zero-order chi connectivity index (χ0) is 15.8. The van der Waals surface area contributed by atoms with Crippen molar-refractivity contribution in [3.63, 3.8) is 0 Å². The quantitative estimate of drug-likeness (QED) is 0.663. The molecule has 1 saturated heterocycles. The summed E-state index contributed by atoms with van der Waals surface area (Å²) in [5.74, 6) is -0.536. The van der Waals surface area contributed by atoms with Gasteiger partial charge < -0.3 is 20.6 Å². The molecular formula is C15H29N3O3. The molecule has 0 spiro atoms. The Morgan fingerprint density at radius 2 is 1.86 bits per heavy atom. The van der Waals surface area contributed by atoms with Gasteiger partial charge in [-0.05, 0) is 51.2 Å². The van der Waals surface area contributed by atoms with Crippen molar-refractivity contribution in [1.82, 2.24) is 15.5 Å². The molecule has 1 aliphatic rings. The summed E-state index contributed by atoms with van der Waals surface area (Å²) in [5.41, 5.74) is 0. The number of carboxylic acid groups (broad SMARTS) is 1. The fraction of sp³-hybridized carbons (Fsp3) is 0.867. The van der Waals surface area contributed by atoms with E-state index >= 15 is 0 Å². The van der Waals surface area contributed by atoms with Crippen LogP contribution in [0.15, 0.2) is 0 Å². The van der Waals surface area contributed by atoms with Gasteiger partial charge in [0.05, 0.1) is 5.92 Å². The van der Waals surface area contributed by atoms with E-state index in [1.807, 2.05) is 13.8 Å². The molecule has 0 saturated carbocycles. The van der Waals surface area contributed by atoms with Gasteiger partial charge in [-0.1, -0.05) is 13.8 Å². The van der Waals surface area contributed by atoms with Crippen LogP contribution in [-0.4, -0.2) is 55.2 Å². The van der Waals surface area contributed by atoms with Gasteiger partial charge in [0, 0.05) is 13.1 Å². The molecule has 1 unspecified atom stereocenters. The van der Waals surface area contributed by atoms with Crippen molar-refractivity contribution >= 4 is 12.0 Å². The molecule has 21 heavy (non-hydrogen) atoms. The van der Waals surface area contributed by atoms with Crippen LogP contribution >= 0.6 is 0 Å². The molecule has 6 heteroatoms. The van der Waals surface area contributed by atoms with E-state index in [0.717, 1.165) is 25.9 Å². The fourth-order valence-electron chi connectivity index (χ4n) is 2.62. The largest absolute Gasteiger partial charge is 0.481 e. The lowest BCUT2D eigenvalue weighted by molar-refractivity contribution is -0.142. The van der Waals surface area contributed by atoms with Crippen molar-refractivity contribution in [1.29, 1.82) is 0 Å². The number of urea groups is 1. The number of hydrogen-bond donors (Lipinski definition) is 3. The molecular weight excluding hydrogens is 270 g/mol. The third-order valence-corrected chi connectivity index (χ3v) is 4.00. The van der Waals surface area contributed by atoms with Gasteiger partial charge in [-0.2, -0.15) is 0 Å². The molecule has 122 valence electrons. The van der Waals surface area contributed by atoms with Crippen molar-refractivity contribution < 1.29 is 14.7 Å². The van der Waals surface area contributed by atoms with Crippen LogP contribution in [0.4, 0.5) is 4.79 Å². The molecule has 1 aliphatic heterocycles. The average molecular weight is 299 g/mol. The first-order valence-electron chi connectivity index (χ1n) is 7.81. The summed E-state index contributed by atoms with van der Waals surface area (Å²) in [6.07, 6.45) is 2.77. The minimum atomic E-state index is -0.848. The molecule has 0 bridgehead atoms. The van der Waals surface area contributed by atoms with Gasteiger partial charge in [0.25, 0.3) is 0 Å². The molecule has 2 amide bonds. The van der Waals surface area contributed by atoms with Crippen LogP contribution in [0.2, 0.25) is 0 Å². The molecule has 0 radical (unpaired) electrons. The third kappa shape index (κ3) is 7.32. The zero-order valence-corrected chi connectivity index (χ0v) is 13.4. The van der Waals surface area contributed by atoms with E-state index in [4.69, 9.17) is 5.11 Å². The monoisotopic (exact) mass is 299 g/mol. The number of amides is 2. The Morgan fingerprint density at radius 3 is 2.38 bits per heavy atom. The predicted molar refractivity (Wildman–Crippen MR) is 82.2 cm³/mol. The van der Waals surface area contributed by atoms with Crippen LogP contribution in [0.3, 0.4) is 0 Å². The maximum atomic E-state index is 11.7. The molecule has 0 aromatic rings. The summed E-state index contributed by atoms with van der Waals surface area (Å²) in [7, 11) is 2.11. The van der Waals surface area contributed by atoms with Gasteiger partial charge in [-0.15, -0.1) is 0 Å². The highest BCUT2D eigenvalue weighted by atomic mass is 16.4. The minimum Gasteiger partial charge on any atom is -0.481 e. The topological polar surface area (TPSA) is 81.7 Å². The SMILES string of the molecule is CC(C)CC(CNC(=O)NCC1CCN(C)CC1)C(=O)O. The number of likely N-dealkylation sites (tertiary alicyclic amines) is 1. The maximum absolute atomic E-state index is 11.7. The molecule has 0 aromatic heterocycles. The van der Waals surface area contributed by atoms with Crippen molar-refractivity contribution in [3.8, 4) is 0 Å². The first-order chi connectivity index (χ1) is 9.88. The van der Waals surface area contributed by atoms with Crippen LogP contribution in [0.1, 0.15) is 33.1 Å². The summed E-state index contributed by atoms with van der Waals surface area (Å²) >= 11 is 0. The molecule has 3 N–H and O–H groups in total. The number of carbonyl (C=O) groups is 2. The number of piperidine rings is 1. The smallest absolute Gasteiger partial charge is 0.314 e. The van der Waals surface area contributed by atoms with Crippen molar-refractivity contribution in [2.24, 2.45) is 17.8 Å². The molecule has 1 heterocycles. The molecule has 6 nitrogen and oxygen atoms in total. The Kier molecular flexibility index (Phi) is 7.50. The highest BCUT2D eigenvalue weighted by molar-refractivity contribution is 5.75. The van der Waals surface area contributed by atoms with Crippen LogP contribution in [0.5, 0.6) is 0 Å².